The van der Waals surface area contributed by atoms with Gasteiger partial charge in [0.05, 0.1) is 32.7 Å². The molecule has 1 heterocycles. The number of hydrogen-bond donors (Lipinski definition) is 2. The van der Waals surface area contributed by atoms with Crippen molar-refractivity contribution in [3.63, 3.8) is 0 Å². The van der Waals surface area contributed by atoms with Crippen LogP contribution in [0.2, 0.25) is 10.0 Å². The summed E-state index contributed by atoms with van der Waals surface area (Å²) in [7, 11) is 0. The second-order valence-electron chi connectivity index (χ2n) is 8.77. The summed E-state index contributed by atoms with van der Waals surface area (Å²) in [6.07, 6.45) is 0.457. The van der Waals surface area contributed by atoms with Crippen molar-refractivity contribution in [2.45, 2.75) is 52.2 Å². The molecule has 8 nitrogen and oxygen atoms in total. The molecule has 0 aliphatic heterocycles. The number of fused-ring (bicyclic) bond motifs is 1. The zero-order chi connectivity index (χ0) is 25.2. The summed E-state index contributed by atoms with van der Waals surface area (Å²) in [5, 5.41) is 3.35. The summed E-state index contributed by atoms with van der Waals surface area (Å²) < 4.78 is 6.73. The van der Waals surface area contributed by atoms with Gasteiger partial charge in [-0.15, -0.1) is 0 Å². The van der Waals surface area contributed by atoms with Crippen LogP contribution in [0.15, 0.2) is 41.2 Å². The van der Waals surface area contributed by atoms with Crippen LogP contribution < -0.4 is 16.6 Å². The van der Waals surface area contributed by atoms with Crippen LogP contribution >= 0.6 is 23.2 Å². The Hall–Kier alpha value is -3.10. The minimum absolute atomic E-state index is 0.120. The number of hydrogen-bond acceptors (Lipinski definition) is 5. The van der Waals surface area contributed by atoms with Crippen LogP contribution in [0.4, 0.5) is 4.79 Å². The molecule has 1 atom stereocenters. The number of nitrogens with one attached hydrogen (secondary N) is 1. The molecule has 3 rings (SSSR count). The third-order valence-electron chi connectivity index (χ3n) is 4.92. The fourth-order valence-corrected chi connectivity index (χ4v) is 3.95. The summed E-state index contributed by atoms with van der Waals surface area (Å²) >= 11 is 12.7. The fraction of sp³-hybridized carbons (Fsp3) is 0.333. The number of rotatable bonds is 6. The summed E-state index contributed by atoms with van der Waals surface area (Å²) in [5.41, 5.74) is 4.99. The fourth-order valence-electron chi connectivity index (χ4n) is 3.52. The molecule has 34 heavy (non-hydrogen) atoms. The Morgan fingerprint density at radius 1 is 1.18 bits per heavy atom. The molecule has 0 unspecified atom stereocenters. The number of halogens is 2. The number of benzene rings is 2. The number of primary amides is 1. The van der Waals surface area contributed by atoms with Gasteiger partial charge in [-0.1, -0.05) is 42.6 Å². The molecule has 2 amide bonds. The molecule has 1 aromatic heterocycles. The van der Waals surface area contributed by atoms with Gasteiger partial charge in [0.1, 0.15) is 11.4 Å². The molecule has 0 spiro atoms. The number of nitrogens with zero attached hydrogens (tertiary/aromatic N) is 2. The smallest absolute Gasteiger partial charge is 0.408 e. The van der Waals surface area contributed by atoms with Gasteiger partial charge in [0, 0.05) is 5.56 Å². The highest BCUT2D eigenvalue weighted by molar-refractivity contribution is 6.39. The van der Waals surface area contributed by atoms with Gasteiger partial charge in [0.2, 0.25) is 5.91 Å². The SMILES string of the molecule is CCC[C@H](NC(=O)OC(C)(C)C)c1nc2c(Cl)ccc(Cl)c2c(=O)n1-c1cccc(C(N)=O)c1. The Morgan fingerprint density at radius 2 is 1.85 bits per heavy atom. The van der Waals surface area contributed by atoms with E-state index in [1.807, 2.05) is 6.92 Å². The van der Waals surface area contributed by atoms with E-state index >= 15 is 0 Å². The Kier molecular flexibility index (Phi) is 7.53. The van der Waals surface area contributed by atoms with Gasteiger partial charge in [0.25, 0.3) is 5.56 Å². The van der Waals surface area contributed by atoms with Crippen molar-refractivity contribution in [1.82, 2.24) is 14.9 Å². The average Bonchev–Trinajstić information content (AvgIpc) is 2.74. The van der Waals surface area contributed by atoms with Crippen molar-refractivity contribution in [2.24, 2.45) is 5.73 Å². The van der Waals surface area contributed by atoms with Crippen molar-refractivity contribution in [1.29, 1.82) is 0 Å². The quantitative estimate of drug-likeness (QED) is 0.480. The van der Waals surface area contributed by atoms with E-state index in [4.69, 9.17) is 33.7 Å². The third kappa shape index (κ3) is 5.51. The monoisotopic (exact) mass is 504 g/mol. The van der Waals surface area contributed by atoms with Gasteiger partial charge < -0.3 is 15.8 Å². The van der Waals surface area contributed by atoms with Crippen LogP contribution in [-0.4, -0.2) is 27.2 Å². The Morgan fingerprint density at radius 3 is 2.47 bits per heavy atom. The molecule has 3 aromatic rings. The molecule has 0 saturated carbocycles. The summed E-state index contributed by atoms with van der Waals surface area (Å²) in [4.78, 5) is 42.8. The lowest BCUT2D eigenvalue weighted by molar-refractivity contribution is 0.0497. The highest BCUT2D eigenvalue weighted by Crippen LogP contribution is 2.29. The van der Waals surface area contributed by atoms with Gasteiger partial charge in [-0.05, 0) is 57.5 Å². The first-order valence-corrected chi connectivity index (χ1v) is 11.5. The van der Waals surface area contributed by atoms with Crippen LogP contribution in [0.25, 0.3) is 16.6 Å². The Labute approximate surface area is 207 Å². The predicted octanol–water partition coefficient (Wildman–Crippen LogP) is 5.16. The molecule has 0 aliphatic carbocycles. The first kappa shape index (κ1) is 25.5. The number of carbonyl (C=O) groups excluding carboxylic acids is 2. The van der Waals surface area contributed by atoms with Crippen molar-refractivity contribution < 1.29 is 14.3 Å². The molecule has 3 N–H and O–H groups in total. The minimum atomic E-state index is -0.718. The Bertz CT molecular complexity index is 1310. The van der Waals surface area contributed by atoms with E-state index in [9.17, 15) is 14.4 Å². The number of carbonyl (C=O) groups is 2. The van der Waals surface area contributed by atoms with Gasteiger partial charge >= 0.3 is 6.09 Å². The topological polar surface area (TPSA) is 116 Å². The van der Waals surface area contributed by atoms with E-state index in [0.29, 0.717) is 18.5 Å². The van der Waals surface area contributed by atoms with Crippen LogP contribution in [0, 0.1) is 0 Å². The van der Waals surface area contributed by atoms with Gasteiger partial charge in [0.15, 0.2) is 0 Å². The number of aromatic nitrogens is 2. The van der Waals surface area contributed by atoms with E-state index in [-0.39, 0.29) is 32.3 Å². The normalized spacial score (nSPS) is 12.4. The molecule has 0 saturated heterocycles. The van der Waals surface area contributed by atoms with Gasteiger partial charge in [-0.25, -0.2) is 9.78 Å². The first-order chi connectivity index (χ1) is 15.9. The average molecular weight is 505 g/mol. The lowest BCUT2D eigenvalue weighted by Gasteiger charge is -2.25. The second-order valence-corrected chi connectivity index (χ2v) is 9.58. The number of ether oxygens (including phenoxy) is 1. The van der Waals surface area contributed by atoms with E-state index in [0.717, 1.165) is 0 Å². The van der Waals surface area contributed by atoms with Crippen molar-refractivity contribution >= 4 is 46.1 Å². The molecular weight excluding hydrogens is 479 g/mol. The number of alkyl carbamates (subject to hydrolysis) is 1. The van der Waals surface area contributed by atoms with E-state index < -0.39 is 29.2 Å². The molecule has 0 radical (unpaired) electrons. The van der Waals surface area contributed by atoms with E-state index in [1.54, 1.807) is 39.0 Å². The number of amides is 2. The summed E-state index contributed by atoms with van der Waals surface area (Å²) in [6, 6.07) is 8.63. The standard InChI is InChI=1S/C24H26Cl2N4O4/c1-5-7-17(28-23(33)34-24(2,3)4)21-29-19-16(26)11-10-15(25)18(19)22(32)30(21)14-9-6-8-13(12-14)20(27)31/h6,8-12,17H,5,7H2,1-4H3,(H2,27,31)(H,28,33)/t17-/m0/s1. The lowest BCUT2D eigenvalue weighted by atomic mass is 10.1. The van der Waals surface area contributed by atoms with Crippen LogP contribution in [0.5, 0.6) is 0 Å². The van der Waals surface area contributed by atoms with Crippen molar-refractivity contribution in [2.75, 3.05) is 0 Å². The van der Waals surface area contributed by atoms with Gasteiger partial charge in [-0.3, -0.25) is 14.2 Å². The zero-order valence-electron chi connectivity index (χ0n) is 19.3. The zero-order valence-corrected chi connectivity index (χ0v) is 20.8. The maximum Gasteiger partial charge on any atom is 0.408 e. The minimum Gasteiger partial charge on any atom is -0.444 e. The number of nitrogens with two attached hydrogens (primary N) is 1. The van der Waals surface area contributed by atoms with Crippen molar-refractivity contribution in [3.8, 4) is 5.69 Å². The predicted molar refractivity (Wildman–Crippen MR) is 133 cm³/mol. The summed E-state index contributed by atoms with van der Waals surface area (Å²) in [6.45, 7) is 7.19. The molecule has 180 valence electrons. The molecule has 10 heteroatoms. The largest absolute Gasteiger partial charge is 0.444 e. The molecule has 0 bridgehead atoms. The maximum absolute atomic E-state index is 13.7. The van der Waals surface area contributed by atoms with Crippen LogP contribution in [0.3, 0.4) is 0 Å². The molecule has 0 aliphatic rings. The highest BCUT2D eigenvalue weighted by atomic mass is 35.5. The third-order valence-corrected chi connectivity index (χ3v) is 5.54. The molecule has 0 fully saturated rings. The first-order valence-electron chi connectivity index (χ1n) is 10.7. The second kappa shape index (κ2) is 10.0. The van der Waals surface area contributed by atoms with Crippen LogP contribution in [0.1, 0.15) is 62.8 Å². The molecular formula is C24H26Cl2N4O4. The lowest BCUT2D eigenvalue weighted by Crippen LogP contribution is -2.38. The highest BCUT2D eigenvalue weighted by Gasteiger charge is 2.26. The van der Waals surface area contributed by atoms with E-state index in [2.05, 4.69) is 10.3 Å². The van der Waals surface area contributed by atoms with Crippen LogP contribution in [-0.2, 0) is 4.74 Å². The Balaban J connectivity index is 2.32. The van der Waals surface area contributed by atoms with E-state index in [1.165, 1.54) is 22.8 Å². The summed E-state index contributed by atoms with van der Waals surface area (Å²) in [5.74, 6) is -0.431. The van der Waals surface area contributed by atoms with Gasteiger partial charge in [-0.2, -0.15) is 0 Å². The molecule has 2 aromatic carbocycles. The maximum atomic E-state index is 13.7. The van der Waals surface area contributed by atoms with Crippen molar-refractivity contribution in [3.05, 3.63) is 68.2 Å².